The molecule has 0 heterocycles. The second-order valence-corrected chi connectivity index (χ2v) is 7.17. The van der Waals surface area contributed by atoms with Gasteiger partial charge in [0.1, 0.15) is 0 Å². The van der Waals surface area contributed by atoms with Gasteiger partial charge in [-0.1, -0.05) is 26.0 Å². The van der Waals surface area contributed by atoms with Gasteiger partial charge in [0.15, 0.2) is 11.5 Å². The van der Waals surface area contributed by atoms with E-state index in [1.165, 1.54) is 18.3 Å². The van der Waals surface area contributed by atoms with Crippen LogP contribution in [0.2, 0.25) is 0 Å². The predicted molar refractivity (Wildman–Crippen MR) is 88.2 cm³/mol. The van der Waals surface area contributed by atoms with E-state index in [0.717, 1.165) is 24.8 Å². The van der Waals surface area contributed by atoms with Crippen LogP contribution in [0.15, 0.2) is 35.5 Å². The number of aromatic hydroxyl groups is 2. The standard InChI is InChI=1S/C18H22N2O3/c1-11-17(2,3)13-6-7-18(11,9-13)16(23)20-19-10-12-4-5-14(21)15(22)8-12/h4-5,8,10,13,21-22H,1,6-7,9H2,2-3H3,(H,20,23)/b19-10-/t13?,18-/m1/s1. The van der Waals surface area contributed by atoms with E-state index in [9.17, 15) is 15.0 Å². The largest absolute Gasteiger partial charge is 0.504 e. The number of nitrogens with one attached hydrogen (secondary N) is 1. The number of hydrazone groups is 1. The van der Waals surface area contributed by atoms with Crippen LogP contribution < -0.4 is 5.43 Å². The van der Waals surface area contributed by atoms with Crippen LogP contribution in [-0.4, -0.2) is 22.3 Å². The summed E-state index contributed by atoms with van der Waals surface area (Å²) in [6.45, 7) is 8.52. The van der Waals surface area contributed by atoms with Gasteiger partial charge in [0.25, 0.3) is 0 Å². The van der Waals surface area contributed by atoms with E-state index in [1.807, 2.05) is 0 Å². The average molecular weight is 314 g/mol. The molecule has 122 valence electrons. The van der Waals surface area contributed by atoms with Crippen LogP contribution in [0.4, 0.5) is 0 Å². The Balaban J connectivity index is 1.71. The van der Waals surface area contributed by atoms with E-state index in [-0.39, 0.29) is 22.8 Å². The van der Waals surface area contributed by atoms with Crippen molar-refractivity contribution >= 4 is 12.1 Å². The number of nitrogens with zero attached hydrogens (tertiary/aromatic N) is 1. The van der Waals surface area contributed by atoms with E-state index >= 15 is 0 Å². The van der Waals surface area contributed by atoms with Crippen molar-refractivity contribution in [2.45, 2.75) is 33.1 Å². The zero-order valence-electron chi connectivity index (χ0n) is 13.5. The first-order chi connectivity index (χ1) is 10.8. The first kappa shape index (κ1) is 15.6. The highest BCUT2D eigenvalue weighted by Crippen LogP contribution is 2.65. The molecule has 5 nitrogen and oxygen atoms in total. The Bertz CT molecular complexity index is 708. The maximum Gasteiger partial charge on any atom is 0.250 e. The van der Waals surface area contributed by atoms with Crippen molar-refractivity contribution in [3.8, 4) is 11.5 Å². The molecule has 0 saturated heterocycles. The van der Waals surface area contributed by atoms with Crippen molar-refractivity contribution in [2.24, 2.45) is 21.8 Å². The maximum absolute atomic E-state index is 12.7. The van der Waals surface area contributed by atoms with Crippen LogP contribution in [-0.2, 0) is 4.79 Å². The first-order valence-electron chi connectivity index (χ1n) is 7.83. The van der Waals surface area contributed by atoms with Crippen LogP contribution in [0.5, 0.6) is 11.5 Å². The molecule has 0 aromatic heterocycles. The maximum atomic E-state index is 12.7. The molecule has 0 spiro atoms. The Morgan fingerprint density at radius 3 is 2.74 bits per heavy atom. The number of phenolic OH excluding ortho intramolecular Hbond substituents is 2. The smallest absolute Gasteiger partial charge is 0.250 e. The molecule has 1 aromatic carbocycles. The van der Waals surface area contributed by atoms with Crippen LogP contribution in [0.25, 0.3) is 0 Å². The molecule has 2 atom stereocenters. The van der Waals surface area contributed by atoms with Crippen LogP contribution in [0.1, 0.15) is 38.7 Å². The van der Waals surface area contributed by atoms with E-state index in [0.29, 0.717) is 11.5 Å². The normalized spacial score (nSPS) is 28.4. The fourth-order valence-corrected chi connectivity index (χ4v) is 4.04. The molecule has 2 fully saturated rings. The third-order valence-corrected chi connectivity index (χ3v) is 5.70. The lowest BCUT2D eigenvalue weighted by Crippen LogP contribution is -2.39. The number of benzene rings is 1. The molecule has 1 aromatic rings. The number of fused-ring (bicyclic) bond motifs is 2. The second kappa shape index (κ2) is 5.11. The lowest BCUT2D eigenvalue weighted by molar-refractivity contribution is -0.128. The number of carbonyl (C=O) groups is 1. The van der Waals surface area contributed by atoms with Crippen molar-refractivity contribution in [1.29, 1.82) is 0 Å². The van der Waals surface area contributed by atoms with Crippen molar-refractivity contribution in [3.05, 3.63) is 35.9 Å². The van der Waals surface area contributed by atoms with Gasteiger partial charge >= 0.3 is 0 Å². The highest BCUT2D eigenvalue weighted by atomic mass is 16.3. The zero-order valence-corrected chi connectivity index (χ0v) is 13.5. The zero-order chi connectivity index (χ0) is 16.8. The molecule has 23 heavy (non-hydrogen) atoms. The number of carbonyl (C=O) groups excluding carboxylic acids is 1. The molecular weight excluding hydrogens is 292 g/mol. The minimum Gasteiger partial charge on any atom is -0.504 e. The molecule has 1 unspecified atom stereocenters. The van der Waals surface area contributed by atoms with Crippen molar-refractivity contribution in [1.82, 2.24) is 5.43 Å². The van der Waals surface area contributed by atoms with E-state index in [1.54, 1.807) is 6.07 Å². The Morgan fingerprint density at radius 2 is 2.13 bits per heavy atom. The summed E-state index contributed by atoms with van der Waals surface area (Å²) < 4.78 is 0. The summed E-state index contributed by atoms with van der Waals surface area (Å²) in [7, 11) is 0. The van der Waals surface area contributed by atoms with Crippen LogP contribution in [0.3, 0.4) is 0 Å². The third-order valence-electron chi connectivity index (χ3n) is 5.70. The number of hydrogen-bond donors (Lipinski definition) is 3. The second-order valence-electron chi connectivity index (χ2n) is 7.17. The predicted octanol–water partition coefficient (Wildman–Crippen LogP) is 2.93. The highest BCUT2D eigenvalue weighted by molar-refractivity contribution is 5.89. The summed E-state index contributed by atoms with van der Waals surface area (Å²) in [5, 5.41) is 22.7. The summed E-state index contributed by atoms with van der Waals surface area (Å²) in [4.78, 5) is 12.7. The summed E-state index contributed by atoms with van der Waals surface area (Å²) in [6, 6.07) is 4.36. The van der Waals surface area contributed by atoms with E-state index in [2.05, 4.69) is 31.0 Å². The summed E-state index contributed by atoms with van der Waals surface area (Å²) >= 11 is 0. The monoisotopic (exact) mass is 314 g/mol. The molecule has 2 saturated carbocycles. The Hall–Kier alpha value is -2.30. The molecule has 1 amide bonds. The molecule has 5 heteroatoms. The van der Waals surface area contributed by atoms with Gasteiger partial charge < -0.3 is 10.2 Å². The molecule has 2 aliphatic rings. The molecule has 2 aliphatic carbocycles. The highest BCUT2D eigenvalue weighted by Gasteiger charge is 2.60. The number of hydrogen-bond acceptors (Lipinski definition) is 4. The number of phenols is 2. The molecule has 0 aliphatic heterocycles. The number of amides is 1. The average Bonchev–Trinajstić information content (AvgIpc) is 3.03. The van der Waals surface area contributed by atoms with Gasteiger partial charge in [-0.2, -0.15) is 5.10 Å². The molecular formula is C18H22N2O3. The van der Waals surface area contributed by atoms with Gasteiger partial charge in [0, 0.05) is 0 Å². The van der Waals surface area contributed by atoms with Gasteiger partial charge in [0.05, 0.1) is 11.6 Å². The van der Waals surface area contributed by atoms with Crippen molar-refractivity contribution in [3.63, 3.8) is 0 Å². The van der Waals surface area contributed by atoms with Crippen molar-refractivity contribution < 1.29 is 15.0 Å². The third kappa shape index (κ3) is 2.31. The van der Waals surface area contributed by atoms with E-state index < -0.39 is 5.41 Å². The van der Waals surface area contributed by atoms with Crippen molar-refractivity contribution in [2.75, 3.05) is 0 Å². The van der Waals surface area contributed by atoms with Crippen LogP contribution >= 0.6 is 0 Å². The Morgan fingerprint density at radius 1 is 1.39 bits per heavy atom. The molecule has 2 bridgehead atoms. The molecule has 0 radical (unpaired) electrons. The topological polar surface area (TPSA) is 81.9 Å². The summed E-state index contributed by atoms with van der Waals surface area (Å²) in [6.07, 6.45) is 4.18. The lowest BCUT2D eigenvalue weighted by atomic mass is 9.68. The minimum absolute atomic E-state index is 0.00203. The fourth-order valence-electron chi connectivity index (χ4n) is 4.04. The molecule has 3 rings (SSSR count). The Labute approximate surface area is 135 Å². The summed E-state index contributed by atoms with van der Waals surface area (Å²) in [5.74, 6) is 0.00332. The first-order valence-corrected chi connectivity index (χ1v) is 7.83. The number of rotatable bonds is 3. The SMILES string of the molecule is C=C1C(C)(C)C2CC[C@@]1(C(=O)N/N=C\c1ccc(O)c(O)c1)C2. The van der Waals surface area contributed by atoms with E-state index in [4.69, 9.17) is 0 Å². The van der Waals surface area contributed by atoms with Gasteiger partial charge in [-0.25, -0.2) is 5.43 Å². The molecule has 3 N–H and O–H groups in total. The Kier molecular flexibility index (Phi) is 3.47. The minimum atomic E-state index is -0.497. The van der Waals surface area contributed by atoms with Gasteiger partial charge in [-0.15, -0.1) is 0 Å². The van der Waals surface area contributed by atoms with Gasteiger partial charge in [-0.05, 0) is 54.4 Å². The quantitative estimate of drug-likeness (QED) is 0.347. The van der Waals surface area contributed by atoms with Gasteiger partial charge in [0.2, 0.25) is 5.91 Å². The summed E-state index contributed by atoms with van der Waals surface area (Å²) in [5.41, 5.74) is 3.73. The lowest BCUT2D eigenvalue weighted by Gasteiger charge is -2.36. The van der Waals surface area contributed by atoms with Gasteiger partial charge in [-0.3, -0.25) is 4.79 Å². The van der Waals surface area contributed by atoms with Crippen LogP contribution in [0, 0.1) is 16.7 Å². The fraction of sp³-hybridized carbons (Fsp3) is 0.444.